The van der Waals surface area contributed by atoms with Crippen LogP contribution in [-0.4, -0.2) is 45.0 Å². The molecule has 7 heteroatoms. The number of likely N-dealkylation sites (tertiary alicyclic amines) is 1. The van der Waals surface area contributed by atoms with Crippen LogP contribution in [0.5, 0.6) is 0 Å². The van der Waals surface area contributed by atoms with Crippen molar-refractivity contribution in [1.82, 2.24) is 19.9 Å². The average Bonchev–Trinajstić information content (AvgIpc) is 3.45. The van der Waals surface area contributed by atoms with Gasteiger partial charge in [0.2, 0.25) is 17.6 Å². The Hall–Kier alpha value is -2.70. The van der Waals surface area contributed by atoms with E-state index >= 15 is 0 Å². The van der Waals surface area contributed by atoms with E-state index < -0.39 is 0 Å². The fraction of sp³-hybridized carbons (Fsp3) is 0.348. The molecule has 3 heterocycles. The van der Waals surface area contributed by atoms with Crippen molar-refractivity contribution >= 4 is 17.5 Å². The highest BCUT2D eigenvalue weighted by Gasteiger charge is 2.35. The maximum atomic E-state index is 13.3. The molecule has 0 saturated carbocycles. The largest absolute Gasteiger partial charge is 0.341 e. The lowest BCUT2D eigenvalue weighted by molar-refractivity contribution is -0.137. The summed E-state index contributed by atoms with van der Waals surface area (Å²) in [5, 5.41) is 4.75. The molecular weight excluding hydrogens is 400 g/mol. The summed E-state index contributed by atoms with van der Waals surface area (Å²) in [7, 11) is 0. The van der Waals surface area contributed by atoms with Crippen LogP contribution in [0.3, 0.4) is 0 Å². The van der Waals surface area contributed by atoms with Crippen molar-refractivity contribution in [1.29, 1.82) is 0 Å². The maximum Gasteiger partial charge on any atom is 0.241 e. The first-order valence-electron chi connectivity index (χ1n) is 10.4. The molecule has 1 amide bonds. The molecule has 30 heavy (non-hydrogen) atoms. The van der Waals surface area contributed by atoms with Gasteiger partial charge in [0, 0.05) is 30.2 Å². The normalized spacial score (nSPS) is 19.1. The molecule has 2 aromatic carbocycles. The van der Waals surface area contributed by atoms with Gasteiger partial charge in [-0.1, -0.05) is 53.2 Å². The second-order valence-corrected chi connectivity index (χ2v) is 8.38. The lowest BCUT2D eigenvalue weighted by Gasteiger charge is -2.37. The van der Waals surface area contributed by atoms with E-state index in [0.717, 1.165) is 31.5 Å². The number of hydrogen-bond donors (Lipinski definition) is 0. The zero-order valence-corrected chi connectivity index (χ0v) is 17.4. The summed E-state index contributed by atoms with van der Waals surface area (Å²) in [6.07, 6.45) is 2.88. The van der Waals surface area contributed by atoms with Gasteiger partial charge < -0.3 is 9.42 Å². The molecule has 6 nitrogen and oxygen atoms in total. The van der Waals surface area contributed by atoms with Gasteiger partial charge in [-0.15, -0.1) is 0 Å². The molecule has 1 atom stereocenters. The van der Waals surface area contributed by atoms with Gasteiger partial charge in [0.05, 0.1) is 12.6 Å². The number of carbonyl (C=O) groups excluding carboxylic acids is 1. The van der Waals surface area contributed by atoms with Gasteiger partial charge in [-0.25, -0.2) is 0 Å². The molecule has 1 fully saturated rings. The van der Waals surface area contributed by atoms with Crippen molar-refractivity contribution in [2.45, 2.75) is 38.4 Å². The van der Waals surface area contributed by atoms with Crippen LogP contribution in [0.1, 0.15) is 29.9 Å². The molecule has 3 aromatic rings. The second-order valence-electron chi connectivity index (χ2n) is 7.95. The van der Waals surface area contributed by atoms with Crippen molar-refractivity contribution in [2.75, 3.05) is 13.1 Å². The summed E-state index contributed by atoms with van der Waals surface area (Å²) in [6.45, 7) is 2.83. The Morgan fingerprint density at radius 3 is 2.70 bits per heavy atom. The SMILES string of the molecule is O=C([C@@H]1Cc2ccccc2CN1Cc1nc(-c2cccc(Cl)c2)no1)N1CCCC1. The van der Waals surface area contributed by atoms with E-state index in [1.165, 1.54) is 11.1 Å². The summed E-state index contributed by atoms with van der Waals surface area (Å²) < 4.78 is 5.53. The third kappa shape index (κ3) is 3.85. The minimum atomic E-state index is -0.209. The second kappa shape index (κ2) is 8.20. The predicted octanol–water partition coefficient (Wildman–Crippen LogP) is 3.94. The number of amides is 1. The summed E-state index contributed by atoms with van der Waals surface area (Å²) in [4.78, 5) is 22.0. The minimum absolute atomic E-state index is 0.205. The van der Waals surface area contributed by atoms with E-state index in [2.05, 4.69) is 27.2 Å². The average molecular weight is 423 g/mol. The Balaban J connectivity index is 1.40. The molecule has 1 saturated heterocycles. The zero-order valence-electron chi connectivity index (χ0n) is 16.6. The zero-order chi connectivity index (χ0) is 20.5. The summed E-state index contributed by atoms with van der Waals surface area (Å²) in [5.41, 5.74) is 3.31. The van der Waals surface area contributed by atoms with Crippen LogP contribution in [-0.2, 0) is 24.3 Å². The van der Waals surface area contributed by atoms with Crippen LogP contribution in [0.25, 0.3) is 11.4 Å². The number of halogens is 1. The highest BCUT2D eigenvalue weighted by molar-refractivity contribution is 6.30. The molecule has 0 bridgehead atoms. The summed E-state index contributed by atoms with van der Waals surface area (Å²) in [6, 6.07) is 15.5. The Labute approximate surface area is 180 Å². The van der Waals surface area contributed by atoms with Crippen molar-refractivity contribution in [3.8, 4) is 11.4 Å². The predicted molar refractivity (Wildman–Crippen MR) is 114 cm³/mol. The third-order valence-electron chi connectivity index (χ3n) is 5.94. The first-order valence-corrected chi connectivity index (χ1v) is 10.7. The van der Waals surface area contributed by atoms with E-state index in [-0.39, 0.29) is 11.9 Å². The number of fused-ring (bicyclic) bond motifs is 1. The van der Waals surface area contributed by atoms with Crippen molar-refractivity contribution in [2.24, 2.45) is 0 Å². The van der Waals surface area contributed by atoms with Crippen LogP contribution in [0.15, 0.2) is 53.1 Å². The Morgan fingerprint density at radius 2 is 1.90 bits per heavy atom. The van der Waals surface area contributed by atoms with Crippen LogP contribution in [0, 0.1) is 0 Å². The molecule has 154 valence electrons. The topological polar surface area (TPSA) is 62.5 Å². The quantitative estimate of drug-likeness (QED) is 0.637. The number of hydrogen-bond acceptors (Lipinski definition) is 5. The molecular formula is C23H23ClN4O2. The van der Waals surface area contributed by atoms with Crippen LogP contribution in [0.2, 0.25) is 5.02 Å². The van der Waals surface area contributed by atoms with Gasteiger partial charge in [0.1, 0.15) is 0 Å². The van der Waals surface area contributed by atoms with E-state index in [0.29, 0.717) is 36.2 Å². The summed E-state index contributed by atoms with van der Waals surface area (Å²) in [5.74, 6) is 1.22. The van der Waals surface area contributed by atoms with E-state index in [9.17, 15) is 4.79 Å². The number of benzene rings is 2. The first kappa shape index (κ1) is 19.3. The van der Waals surface area contributed by atoms with E-state index in [1.54, 1.807) is 0 Å². The standard InChI is InChI=1S/C23H23ClN4O2/c24-19-9-5-8-17(12-19)22-25-21(30-26-22)15-28-14-18-7-2-1-6-16(18)13-20(28)23(29)27-10-3-4-11-27/h1-2,5-9,12,20H,3-4,10-11,13-15H2/t20-/m0/s1. The third-order valence-corrected chi connectivity index (χ3v) is 6.17. The van der Waals surface area contributed by atoms with Gasteiger partial charge >= 0.3 is 0 Å². The van der Waals surface area contributed by atoms with Crippen LogP contribution in [0.4, 0.5) is 0 Å². The molecule has 0 N–H and O–H groups in total. The molecule has 1 aromatic heterocycles. The van der Waals surface area contributed by atoms with E-state index in [4.69, 9.17) is 16.1 Å². The lowest BCUT2D eigenvalue weighted by atomic mass is 9.93. The van der Waals surface area contributed by atoms with Gasteiger partial charge in [0.15, 0.2) is 0 Å². The molecule has 2 aliphatic rings. The Kier molecular flexibility index (Phi) is 5.27. The highest BCUT2D eigenvalue weighted by atomic mass is 35.5. The Morgan fingerprint density at radius 1 is 1.10 bits per heavy atom. The molecule has 2 aliphatic heterocycles. The highest BCUT2D eigenvalue weighted by Crippen LogP contribution is 2.27. The summed E-state index contributed by atoms with van der Waals surface area (Å²) >= 11 is 6.08. The number of nitrogens with zero attached hydrogens (tertiary/aromatic N) is 4. The lowest BCUT2D eigenvalue weighted by Crippen LogP contribution is -2.50. The molecule has 0 aliphatic carbocycles. The van der Waals surface area contributed by atoms with Gasteiger partial charge in [0.25, 0.3) is 0 Å². The monoisotopic (exact) mass is 422 g/mol. The van der Waals surface area contributed by atoms with Crippen molar-refractivity contribution < 1.29 is 9.32 Å². The molecule has 0 radical (unpaired) electrons. The van der Waals surface area contributed by atoms with Crippen molar-refractivity contribution in [3.63, 3.8) is 0 Å². The maximum absolute atomic E-state index is 13.3. The van der Waals surface area contributed by atoms with E-state index in [1.807, 2.05) is 41.3 Å². The van der Waals surface area contributed by atoms with Crippen LogP contribution < -0.4 is 0 Å². The smallest absolute Gasteiger partial charge is 0.241 e. The first-order chi connectivity index (χ1) is 14.7. The van der Waals surface area contributed by atoms with Gasteiger partial charge in [-0.3, -0.25) is 9.69 Å². The van der Waals surface area contributed by atoms with Crippen molar-refractivity contribution in [3.05, 3.63) is 70.6 Å². The number of carbonyl (C=O) groups is 1. The molecule has 0 unspecified atom stereocenters. The molecule has 5 rings (SSSR count). The number of rotatable bonds is 4. The molecule has 0 spiro atoms. The van der Waals surface area contributed by atoms with Gasteiger partial charge in [-0.05, 0) is 42.5 Å². The van der Waals surface area contributed by atoms with Gasteiger partial charge in [-0.2, -0.15) is 4.98 Å². The van der Waals surface area contributed by atoms with Crippen LogP contribution >= 0.6 is 11.6 Å². The fourth-order valence-corrected chi connectivity index (χ4v) is 4.56. The Bertz CT molecular complexity index is 1060. The fourth-order valence-electron chi connectivity index (χ4n) is 4.37. The number of aromatic nitrogens is 2. The minimum Gasteiger partial charge on any atom is -0.341 e.